The van der Waals surface area contributed by atoms with E-state index < -0.39 is 0 Å². The fourth-order valence-electron chi connectivity index (χ4n) is 2.85. The topological polar surface area (TPSA) is 12.9 Å². The van der Waals surface area contributed by atoms with Gasteiger partial charge in [0.2, 0.25) is 0 Å². The van der Waals surface area contributed by atoms with Gasteiger partial charge >= 0.3 is 0 Å². The molecule has 1 aliphatic rings. The van der Waals surface area contributed by atoms with Gasteiger partial charge in [-0.15, -0.1) is 0 Å². The van der Waals surface area contributed by atoms with Gasteiger partial charge in [-0.05, 0) is 48.6 Å². The van der Waals surface area contributed by atoms with Crippen molar-refractivity contribution in [2.24, 2.45) is 0 Å². The molecule has 0 radical (unpaired) electrons. The van der Waals surface area contributed by atoms with Gasteiger partial charge in [0.15, 0.2) is 0 Å². The lowest BCUT2D eigenvalue weighted by Gasteiger charge is -2.21. The Morgan fingerprint density at radius 3 is 2.00 bits per heavy atom. The van der Waals surface area contributed by atoms with Crippen molar-refractivity contribution < 1.29 is 0 Å². The summed E-state index contributed by atoms with van der Waals surface area (Å²) < 4.78 is 0. The summed E-state index contributed by atoms with van der Waals surface area (Å²) in [4.78, 5) is 4.00. The van der Waals surface area contributed by atoms with Gasteiger partial charge in [0, 0.05) is 23.5 Å². The van der Waals surface area contributed by atoms with Gasteiger partial charge in [0.05, 0.1) is 0 Å². The lowest BCUT2D eigenvalue weighted by atomic mass is 9.84. The molecule has 0 spiro atoms. The summed E-state index contributed by atoms with van der Waals surface area (Å²) >= 11 is 0. The average Bonchev–Trinajstić information content (AvgIpc) is 2.55. The molecule has 0 aliphatic heterocycles. The maximum Gasteiger partial charge on any atom is 0.0280 e. The van der Waals surface area contributed by atoms with Gasteiger partial charge in [-0.25, -0.2) is 0 Å². The molecule has 0 saturated heterocycles. The van der Waals surface area contributed by atoms with E-state index in [9.17, 15) is 0 Å². The van der Waals surface area contributed by atoms with Crippen LogP contribution in [0.3, 0.4) is 0 Å². The predicted octanol–water partition coefficient (Wildman–Crippen LogP) is 4.53. The summed E-state index contributed by atoms with van der Waals surface area (Å²) in [6.07, 6.45) is 10.4. The maximum atomic E-state index is 4.00. The molecule has 1 aliphatic carbocycles. The zero-order valence-electron chi connectivity index (χ0n) is 11.7. The van der Waals surface area contributed by atoms with E-state index in [0.29, 0.717) is 0 Å². The molecule has 1 heteroatoms. The van der Waals surface area contributed by atoms with Crippen LogP contribution in [0.15, 0.2) is 48.8 Å². The van der Waals surface area contributed by atoms with Crippen LogP contribution < -0.4 is 0 Å². The van der Waals surface area contributed by atoms with E-state index in [1.165, 1.54) is 37.7 Å². The van der Waals surface area contributed by atoms with E-state index in [2.05, 4.69) is 41.1 Å². The lowest BCUT2D eigenvalue weighted by molar-refractivity contribution is 0.443. The molecule has 100 valence electrons. The molecule has 0 N–H and O–H groups in total. The highest BCUT2D eigenvalue weighted by molar-refractivity contribution is 5.43. The molecular weight excluding hydrogens is 242 g/mol. The van der Waals surface area contributed by atoms with Crippen LogP contribution >= 0.6 is 0 Å². The maximum absolute atomic E-state index is 4.00. The highest BCUT2D eigenvalue weighted by Gasteiger charge is 2.14. The largest absolute Gasteiger partial charge is 0.265 e. The molecule has 1 aromatic heterocycles. The Morgan fingerprint density at radius 2 is 1.35 bits per heavy atom. The lowest BCUT2D eigenvalue weighted by Crippen LogP contribution is -2.04. The molecule has 0 bridgehead atoms. The van der Waals surface area contributed by atoms with E-state index in [0.717, 1.165) is 17.0 Å². The van der Waals surface area contributed by atoms with Crippen molar-refractivity contribution in [1.82, 2.24) is 4.98 Å². The first-order valence-corrected chi connectivity index (χ1v) is 7.44. The number of hydrogen-bond acceptors (Lipinski definition) is 1. The number of aromatic nitrogens is 1. The number of rotatable bonds is 1. The van der Waals surface area contributed by atoms with Crippen LogP contribution in [-0.4, -0.2) is 4.98 Å². The van der Waals surface area contributed by atoms with Crippen molar-refractivity contribution in [2.75, 3.05) is 0 Å². The Kier molecular flexibility index (Phi) is 4.13. The van der Waals surface area contributed by atoms with E-state index in [1.807, 2.05) is 12.1 Å². The Bertz CT molecular complexity index is 596. The Labute approximate surface area is 121 Å². The fourth-order valence-corrected chi connectivity index (χ4v) is 2.85. The van der Waals surface area contributed by atoms with Gasteiger partial charge in [0.1, 0.15) is 0 Å². The molecule has 3 rings (SSSR count). The van der Waals surface area contributed by atoms with Crippen molar-refractivity contribution in [3.63, 3.8) is 0 Å². The first-order valence-electron chi connectivity index (χ1n) is 7.44. The molecule has 1 saturated carbocycles. The number of hydrogen-bond donors (Lipinski definition) is 0. The summed E-state index contributed by atoms with van der Waals surface area (Å²) in [6, 6.07) is 12.7. The summed E-state index contributed by atoms with van der Waals surface area (Å²) in [6.45, 7) is 0. The highest BCUT2D eigenvalue weighted by atomic mass is 14.6. The summed E-state index contributed by atoms with van der Waals surface area (Å²) in [5.41, 5.74) is 3.58. The second-order valence-corrected chi connectivity index (χ2v) is 5.44. The molecule has 1 aromatic carbocycles. The number of benzene rings is 1. The van der Waals surface area contributed by atoms with Gasteiger partial charge in [-0.3, -0.25) is 4.98 Å². The number of pyridine rings is 1. The Morgan fingerprint density at radius 1 is 0.750 bits per heavy atom. The van der Waals surface area contributed by atoms with Gasteiger partial charge < -0.3 is 0 Å². The zero-order valence-corrected chi connectivity index (χ0v) is 11.7. The molecule has 20 heavy (non-hydrogen) atoms. The SMILES string of the molecule is C(#Cc1ccc(C2CCCCC2)cc1)c1ccncc1. The molecule has 1 fully saturated rings. The second-order valence-electron chi connectivity index (χ2n) is 5.44. The third-order valence-electron chi connectivity index (χ3n) is 4.02. The average molecular weight is 261 g/mol. The molecule has 1 nitrogen and oxygen atoms in total. The van der Waals surface area contributed by atoms with Crippen LogP contribution in [0.4, 0.5) is 0 Å². The smallest absolute Gasteiger partial charge is 0.0280 e. The molecule has 1 heterocycles. The van der Waals surface area contributed by atoms with Crippen LogP contribution in [0.25, 0.3) is 0 Å². The third-order valence-corrected chi connectivity index (χ3v) is 4.02. The minimum Gasteiger partial charge on any atom is -0.265 e. The van der Waals surface area contributed by atoms with Crippen LogP contribution in [0.5, 0.6) is 0 Å². The molecule has 0 atom stereocenters. The van der Waals surface area contributed by atoms with E-state index in [-0.39, 0.29) is 0 Å². The molecular formula is C19H19N. The Hall–Kier alpha value is -2.07. The van der Waals surface area contributed by atoms with Crippen LogP contribution in [-0.2, 0) is 0 Å². The summed E-state index contributed by atoms with van der Waals surface area (Å²) in [7, 11) is 0. The van der Waals surface area contributed by atoms with Crippen molar-refractivity contribution in [3.05, 3.63) is 65.5 Å². The second kappa shape index (κ2) is 6.39. The summed E-state index contributed by atoms with van der Waals surface area (Å²) in [5.74, 6) is 7.15. The predicted molar refractivity (Wildman–Crippen MR) is 82.5 cm³/mol. The third kappa shape index (κ3) is 3.27. The minimum absolute atomic E-state index is 0.769. The van der Waals surface area contributed by atoms with Gasteiger partial charge in [-0.1, -0.05) is 43.2 Å². The monoisotopic (exact) mass is 261 g/mol. The van der Waals surface area contributed by atoms with Crippen LogP contribution in [0.2, 0.25) is 0 Å². The minimum atomic E-state index is 0.769. The van der Waals surface area contributed by atoms with Crippen molar-refractivity contribution in [2.45, 2.75) is 38.0 Å². The highest BCUT2D eigenvalue weighted by Crippen LogP contribution is 2.32. The van der Waals surface area contributed by atoms with Gasteiger partial charge in [0.25, 0.3) is 0 Å². The standard InChI is InChI=1S/C19H19N/c1-2-4-18(5-3-1)19-10-8-16(9-11-19)6-7-17-12-14-20-15-13-17/h8-15,18H,1-5H2. The van der Waals surface area contributed by atoms with Crippen LogP contribution in [0.1, 0.15) is 54.7 Å². The summed E-state index contributed by atoms with van der Waals surface area (Å²) in [5, 5.41) is 0. The van der Waals surface area contributed by atoms with Crippen molar-refractivity contribution >= 4 is 0 Å². The first-order chi connectivity index (χ1) is 9.92. The molecule has 2 aromatic rings. The normalized spacial score (nSPS) is 15.4. The quantitative estimate of drug-likeness (QED) is 0.687. The molecule has 0 amide bonds. The van der Waals surface area contributed by atoms with E-state index >= 15 is 0 Å². The van der Waals surface area contributed by atoms with Crippen LogP contribution in [0, 0.1) is 11.8 Å². The van der Waals surface area contributed by atoms with Gasteiger partial charge in [-0.2, -0.15) is 0 Å². The Balaban J connectivity index is 1.72. The zero-order chi connectivity index (χ0) is 13.6. The van der Waals surface area contributed by atoms with E-state index in [4.69, 9.17) is 0 Å². The number of nitrogens with zero attached hydrogens (tertiary/aromatic N) is 1. The first kappa shape index (κ1) is 12.9. The van der Waals surface area contributed by atoms with Crippen molar-refractivity contribution in [3.8, 4) is 11.8 Å². The molecule has 0 unspecified atom stereocenters. The fraction of sp³-hybridized carbons (Fsp3) is 0.316. The van der Waals surface area contributed by atoms with Crippen molar-refractivity contribution in [1.29, 1.82) is 0 Å². The van der Waals surface area contributed by atoms with E-state index in [1.54, 1.807) is 12.4 Å².